The number of imidazole rings is 1. The smallest absolute Gasteiger partial charge is 0.141 e. The Morgan fingerprint density at radius 1 is 1.30 bits per heavy atom. The average molecular weight is 370 g/mol. The van der Waals surface area contributed by atoms with Gasteiger partial charge in [-0.15, -0.1) is 0 Å². The maximum atomic E-state index is 9.35. The van der Waals surface area contributed by atoms with Gasteiger partial charge in [0.2, 0.25) is 0 Å². The summed E-state index contributed by atoms with van der Waals surface area (Å²) < 4.78 is 13.1. The minimum absolute atomic E-state index is 0.0441. The lowest BCUT2D eigenvalue weighted by Gasteiger charge is -2.27. The molecule has 3 heterocycles. The van der Waals surface area contributed by atoms with Crippen molar-refractivity contribution in [1.29, 1.82) is 0 Å². The molecule has 1 atom stereocenters. The fourth-order valence-electron chi connectivity index (χ4n) is 4.02. The van der Waals surface area contributed by atoms with Crippen LogP contribution in [0.3, 0.4) is 0 Å². The van der Waals surface area contributed by atoms with Crippen LogP contribution in [-0.2, 0) is 4.74 Å². The van der Waals surface area contributed by atoms with E-state index >= 15 is 0 Å². The van der Waals surface area contributed by atoms with Gasteiger partial charge in [0, 0.05) is 31.4 Å². The van der Waals surface area contributed by atoms with Gasteiger partial charge in [0.15, 0.2) is 0 Å². The second-order valence-corrected chi connectivity index (χ2v) is 7.20. The number of aliphatic hydroxyl groups is 1. The molecule has 1 saturated heterocycles. The zero-order valence-corrected chi connectivity index (χ0v) is 15.8. The fraction of sp³-hybridized carbons (Fsp3) is 0.500. The molecule has 27 heavy (non-hydrogen) atoms. The molecule has 2 aromatic heterocycles. The Balaban J connectivity index is 1.84. The maximum Gasteiger partial charge on any atom is 0.141 e. The Kier molecular flexibility index (Phi) is 4.99. The highest BCUT2D eigenvalue weighted by atomic mass is 16.5. The fourth-order valence-corrected chi connectivity index (χ4v) is 4.02. The van der Waals surface area contributed by atoms with Crippen LogP contribution in [0.25, 0.3) is 22.2 Å². The van der Waals surface area contributed by atoms with Crippen LogP contribution in [0.5, 0.6) is 0 Å². The first-order chi connectivity index (χ1) is 13.1. The number of hydrogen-bond acceptors (Lipinski definition) is 6. The Labute approximate surface area is 158 Å². The number of aliphatic hydroxyl groups excluding tert-OH is 1. The van der Waals surface area contributed by atoms with Gasteiger partial charge in [-0.2, -0.15) is 0 Å². The van der Waals surface area contributed by atoms with Gasteiger partial charge < -0.3 is 24.7 Å². The molecule has 0 unspecified atom stereocenters. The first-order valence-corrected chi connectivity index (χ1v) is 9.49. The maximum absolute atomic E-state index is 9.35. The van der Waals surface area contributed by atoms with Crippen molar-refractivity contribution >= 4 is 11.0 Å². The van der Waals surface area contributed by atoms with Crippen molar-refractivity contribution in [1.82, 2.24) is 14.7 Å². The highest BCUT2D eigenvalue weighted by Crippen LogP contribution is 2.34. The molecule has 0 aliphatic carbocycles. The van der Waals surface area contributed by atoms with Crippen LogP contribution in [0, 0.1) is 13.8 Å². The molecule has 0 spiro atoms. The van der Waals surface area contributed by atoms with Crippen molar-refractivity contribution in [2.24, 2.45) is 5.73 Å². The Morgan fingerprint density at radius 3 is 2.74 bits per heavy atom. The van der Waals surface area contributed by atoms with Gasteiger partial charge in [-0.1, -0.05) is 11.2 Å². The number of nitrogens with zero attached hydrogens (tertiary/aromatic N) is 3. The highest BCUT2D eigenvalue weighted by Gasteiger charge is 2.25. The summed E-state index contributed by atoms with van der Waals surface area (Å²) in [5, 5.41) is 13.4. The topological polar surface area (TPSA) is 99.3 Å². The van der Waals surface area contributed by atoms with E-state index in [0.29, 0.717) is 12.5 Å². The third-order valence-electron chi connectivity index (χ3n) is 5.37. The van der Waals surface area contributed by atoms with Crippen molar-refractivity contribution < 1.29 is 14.4 Å². The van der Waals surface area contributed by atoms with Crippen LogP contribution in [0.2, 0.25) is 0 Å². The molecule has 7 heteroatoms. The predicted molar refractivity (Wildman–Crippen MR) is 102 cm³/mol. The Bertz CT molecular complexity index is 921. The molecule has 0 bridgehead atoms. The van der Waals surface area contributed by atoms with E-state index in [1.54, 1.807) is 0 Å². The van der Waals surface area contributed by atoms with Crippen molar-refractivity contribution in [3.8, 4) is 11.1 Å². The van der Waals surface area contributed by atoms with E-state index < -0.39 is 0 Å². The molecule has 0 saturated carbocycles. The van der Waals surface area contributed by atoms with Crippen LogP contribution in [-0.4, -0.2) is 39.6 Å². The zero-order valence-electron chi connectivity index (χ0n) is 15.8. The molecular formula is C20H26N4O3. The molecule has 144 valence electrons. The van der Waals surface area contributed by atoms with Crippen molar-refractivity contribution in [2.75, 3.05) is 19.8 Å². The molecule has 3 N–H and O–H groups in total. The summed E-state index contributed by atoms with van der Waals surface area (Å²) in [6.07, 6.45) is 2.37. The van der Waals surface area contributed by atoms with Gasteiger partial charge >= 0.3 is 0 Å². The van der Waals surface area contributed by atoms with E-state index in [1.165, 1.54) is 0 Å². The van der Waals surface area contributed by atoms with E-state index in [9.17, 15) is 5.11 Å². The molecule has 4 rings (SSSR count). The van der Waals surface area contributed by atoms with Crippen LogP contribution < -0.4 is 5.73 Å². The quantitative estimate of drug-likeness (QED) is 0.716. The standard InChI is InChI=1S/C20H26N4O3/c1-12-19(13(2)27-23-12)14-3-4-18-17(11-14)22-20(16(21)5-8-25)24(18)15-6-9-26-10-7-15/h3-4,11,15-16,25H,5-10,21H2,1-2H3/t16-/m0/s1. The lowest BCUT2D eigenvalue weighted by atomic mass is 10.0. The van der Waals surface area contributed by atoms with Crippen LogP contribution in [0.1, 0.15) is 48.6 Å². The lowest BCUT2D eigenvalue weighted by Crippen LogP contribution is -2.25. The van der Waals surface area contributed by atoms with E-state index in [1.807, 2.05) is 13.8 Å². The summed E-state index contributed by atoms with van der Waals surface area (Å²) in [4.78, 5) is 4.87. The van der Waals surface area contributed by atoms with Gasteiger partial charge in [0.1, 0.15) is 11.6 Å². The van der Waals surface area contributed by atoms with Gasteiger partial charge in [0.05, 0.1) is 22.8 Å². The summed E-state index contributed by atoms with van der Waals surface area (Å²) in [7, 11) is 0. The number of aromatic nitrogens is 3. The molecule has 1 aliphatic rings. The van der Waals surface area contributed by atoms with Crippen molar-refractivity contribution in [3.63, 3.8) is 0 Å². The summed E-state index contributed by atoms with van der Waals surface area (Å²) in [6.45, 7) is 5.40. The molecule has 0 amide bonds. The van der Waals surface area contributed by atoms with E-state index in [4.69, 9.17) is 20.0 Å². The van der Waals surface area contributed by atoms with Crippen LogP contribution in [0.15, 0.2) is 22.7 Å². The molecule has 0 radical (unpaired) electrons. The number of nitrogens with two attached hydrogens (primary N) is 1. The third-order valence-corrected chi connectivity index (χ3v) is 5.37. The summed E-state index contributed by atoms with van der Waals surface area (Å²) in [6, 6.07) is 6.29. The predicted octanol–water partition coefficient (Wildman–Crippen LogP) is 3.04. The molecule has 1 fully saturated rings. The zero-order chi connectivity index (χ0) is 19.0. The highest BCUT2D eigenvalue weighted by molar-refractivity contribution is 5.83. The number of fused-ring (bicyclic) bond motifs is 1. The average Bonchev–Trinajstić information content (AvgIpc) is 3.22. The number of hydrogen-bond donors (Lipinski definition) is 2. The molecule has 3 aromatic rings. The van der Waals surface area contributed by atoms with E-state index in [-0.39, 0.29) is 12.6 Å². The van der Waals surface area contributed by atoms with Crippen molar-refractivity contribution in [2.45, 2.75) is 45.2 Å². The number of benzene rings is 1. The monoisotopic (exact) mass is 370 g/mol. The van der Waals surface area contributed by atoms with Gasteiger partial charge in [0.25, 0.3) is 0 Å². The van der Waals surface area contributed by atoms with Crippen molar-refractivity contribution in [3.05, 3.63) is 35.5 Å². The first-order valence-electron chi connectivity index (χ1n) is 9.49. The SMILES string of the molecule is Cc1noc(C)c1-c1ccc2c(c1)nc([C@@H](N)CCO)n2C1CCOCC1. The third kappa shape index (κ3) is 3.26. The Morgan fingerprint density at radius 2 is 2.07 bits per heavy atom. The second kappa shape index (κ2) is 7.42. The summed E-state index contributed by atoms with van der Waals surface area (Å²) >= 11 is 0. The van der Waals surface area contributed by atoms with Crippen LogP contribution >= 0.6 is 0 Å². The lowest BCUT2D eigenvalue weighted by molar-refractivity contribution is 0.0694. The number of aryl methyl sites for hydroxylation is 2. The van der Waals surface area contributed by atoms with Gasteiger partial charge in [-0.05, 0) is 50.8 Å². The normalized spacial score (nSPS) is 16.9. The first kappa shape index (κ1) is 18.2. The largest absolute Gasteiger partial charge is 0.396 e. The molecule has 1 aromatic carbocycles. The second-order valence-electron chi connectivity index (χ2n) is 7.20. The van der Waals surface area contributed by atoms with E-state index in [0.717, 1.165) is 65.5 Å². The van der Waals surface area contributed by atoms with Gasteiger partial charge in [-0.3, -0.25) is 0 Å². The van der Waals surface area contributed by atoms with Gasteiger partial charge in [-0.25, -0.2) is 4.98 Å². The minimum atomic E-state index is -0.298. The Hall–Kier alpha value is -2.22. The summed E-state index contributed by atoms with van der Waals surface area (Å²) in [5.41, 5.74) is 11.3. The molecular weight excluding hydrogens is 344 g/mol. The molecule has 1 aliphatic heterocycles. The number of ether oxygens (including phenoxy) is 1. The minimum Gasteiger partial charge on any atom is -0.396 e. The van der Waals surface area contributed by atoms with Crippen LogP contribution in [0.4, 0.5) is 0 Å². The molecule has 7 nitrogen and oxygen atoms in total. The number of rotatable bonds is 5. The van der Waals surface area contributed by atoms with E-state index in [2.05, 4.69) is 27.9 Å². The summed E-state index contributed by atoms with van der Waals surface area (Å²) in [5.74, 6) is 1.63.